The summed E-state index contributed by atoms with van der Waals surface area (Å²) in [6, 6.07) is 17.5. The van der Waals surface area contributed by atoms with E-state index in [0.29, 0.717) is 29.8 Å². The zero-order valence-corrected chi connectivity index (χ0v) is 19.4. The van der Waals surface area contributed by atoms with E-state index in [-0.39, 0.29) is 23.1 Å². The number of sulfone groups is 1. The van der Waals surface area contributed by atoms with Gasteiger partial charge in [-0.2, -0.15) is 0 Å². The zero-order chi connectivity index (χ0) is 23.8. The number of aliphatic hydroxyl groups excluding tert-OH is 1. The number of benzene rings is 3. The second-order valence-corrected chi connectivity index (χ2v) is 10.5. The van der Waals surface area contributed by atoms with Gasteiger partial charge in [0.05, 0.1) is 17.6 Å². The monoisotopic (exact) mass is 489 g/mol. The maximum Gasteiger partial charge on any atom is 0.176 e. The van der Waals surface area contributed by atoms with E-state index in [0.717, 1.165) is 35.1 Å². The molecule has 0 unspecified atom stereocenters. The molecular weight excluding hydrogens is 468 g/mol. The summed E-state index contributed by atoms with van der Waals surface area (Å²) >= 11 is 6.06. The van der Waals surface area contributed by atoms with Crippen LogP contribution in [0.1, 0.15) is 28.3 Å². The highest BCUT2D eigenvalue weighted by molar-refractivity contribution is 8.00. The predicted molar refractivity (Wildman–Crippen MR) is 125 cm³/mol. The van der Waals surface area contributed by atoms with E-state index >= 15 is 0 Å². The van der Waals surface area contributed by atoms with E-state index in [1.807, 2.05) is 36.4 Å². The predicted octanol–water partition coefficient (Wildman–Crippen LogP) is 4.97. The molecule has 0 aliphatic carbocycles. The van der Waals surface area contributed by atoms with Gasteiger partial charge in [0.1, 0.15) is 11.6 Å². The standard InChI is InChI=1S/C25H22ClF2NO3S/c1-33(31,32)25(19-10-22(27)12-23(28)11-19)20-13-29(14-20)24(18-6-8-21(26)9-7-18)17-4-2-16(15-30)3-5-17/h2-12,24,30H,13-15H2,1H3/t24-/m0/s1. The van der Waals surface area contributed by atoms with Gasteiger partial charge in [0.25, 0.3) is 0 Å². The van der Waals surface area contributed by atoms with Crippen molar-refractivity contribution >= 4 is 26.3 Å². The fourth-order valence-corrected chi connectivity index (χ4v) is 5.53. The Kier molecular flexibility index (Phi) is 6.68. The average Bonchev–Trinajstić information content (AvgIpc) is 2.72. The zero-order valence-electron chi connectivity index (χ0n) is 17.8. The summed E-state index contributed by atoms with van der Waals surface area (Å²) in [7, 11) is -3.73. The van der Waals surface area contributed by atoms with Gasteiger partial charge in [0, 0.05) is 30.4 Å². The molecule has 172 valence electrons. The van der Waals surface area contributed by atoms with Crippen LogP contribution in [-0.2, 0) is 16.4 Å². The molecule has 0 saturated carbocycles. The van der Waals surface area contributed by atoms with Gasteiger partial charge in [0.2, 0.25) is 0 Å². The molecule has 0 aromatic heterocycles. The summed E-state index contributed by atoms with van der Waals surface area (Å²) < 4.78 is 52.7. The number of nitrogens with zero attached hydrogens (tertiary/aromatic N) is 1. The maximum atomic E-state index is 13.8. The van der Waals surface area contributed by atoms with Crippen LogP contribution in [0.15, 0.2) is 72.3 Å². The van der Waals surface area contributed by atoms with Crippen LogP contribution in [0.25, 0.3) is 4.91 Å². The topological polar surface area (TPSA) is 57.6 Å². The molecule has 0 bridgehead atoms. The molecule has 1 heterocycles. The minimum Gasteiger partial charge on any atom is -0.392 e. The van der Waals surface area contributed by atoms with Crippen LogP contribution in [0.4, 0.5) is 8.78 Å². The van der Waals surface area contributed by atoms with E-state index in [9.17, 15) is 22.3 Å². The van der Waals surface area contributed by atoms with E-state index in [4.69, 9.17) is 11.6 Å². The van der Waals surface area contributed by atoms with E-state index in [1.165, 1.54) is 0 Å². The van der Waals surface area contributed by atoms with Crippen LogP contribution in [0.3, 0.4) is 0 Å². The highest BCUT2D eigenvalue weighted by Crippen LogP contribution is 2.38. The molecule has 0 amide bonds. The third-order valence-electron chi connectivity index (χ3n) is 5.63. The van der Waals surface area contributed by atoms with E-state index < -0.39 is 21.5 Å². The van der Waals surface area contributed by atoms with Crippen molar-refractivity contribution in [3.8, 4) is 0 Å². The molecule has 1 saturated heterocycles. The highest BCUT2D eigenvalue weighted by atomic mass is 35.5. The molecule has 1 N–H and O–H groups in total. The molecule has 3 aromatic rings. The molecule has 1 aliphatic heterocycles. The lowest BCUT2D eigenvalue weighted by atomic mass is 9.91. The molecule has 4 nitrogen and oxygen atoms in total. The second-order valence-electron chi connectivity index (χ2n) is 8.12. The molecule has 0 radical (unpaired) electrons. The first-order chi connectivity index (χ1) is 15.7. The van der Waals surface area contributed by atoms with Crippen molar-refractivity contribution in [2.45, 2.75) is 12.6 Å². The van der Waals surface area contributed by atoms with Crippen molar-refractivity contribution in [1.29, 1.82) is 0 Å². The van der Waals surface area contributed by atoms with Gasteiger partial charge in [-0.25, -0.2) is 17.2 Å². The van der Waals surface area contributed by atoms with Crippen molar-refractivity contribution in [3.05, 3.63) is 111 Å². The van der Waals surface area contributed by atoms with Gasteiger partial charge in [-0.05, 0) is 52.1 Å². The SMILES string of the molecule is CS(=O)(=O)C(=C1CN([C@H](c2ccc(Cl)cc2)c2ccc(CO)cc2)C1)c1cc(F)cc(F)c1. The maximum absolute atomic E-state index is 13.8. The lowest BCUT2D eigenvalue weighted by Gasteiger charge is -2.42. The Hall–Kier alpha value is -2.58. The van der Waals surface area contributed by atoms with Gasteiger partial charge < -0.3 is 5.11 Å². The number of aliphatic hydroxyl groups is 1. The number of hydrogen-bond donors (Lipinski definition) is 1. The number of halogens is 3. The minimum absolute atomic E-state index is 0.0139. The normalized spacial score (nSPS) is 15.2. The lowest BCUT2D eigenvalue weighted by molar-refractivity contribution is 0.203. The Balaban J connectivity index is 1.73. The molecule has 33 heavy (non-hydrogen) atoms. The largest absolute Gasteiger partial charge is 0.392 e. The van der Waals surface area contributed by atoms with Gasteiger partial charge in [0.15, 0.2) is 9.84 Å². The molecule has 0 spiro atoms. The van der Waals surface area contributed by atoms with Crippen molar-refractivity contribution in [2.24, 2.45) is 0 Å². The molecule has 1 fully saturated rings. The third-order valence-corrected chi connectivity index (χ3v) is 7.15. The van der Waals surface area contributed by atoms with Gasteiger partial charge >= 0.3 is 0 Å². The second kappa shape index (κ2) is 9.35. The van der Waals surface area contributed by atoms with Crippen molar-refractivity contribution in [2.75, 3.05) is 19.3 Å². The van der Waals surface area contributed by atoms with E-state index in [2.05, 4.69) is 4.90 Å². The Labute approximate surface area is 196 Å². The smallest absolute Gasteiger partial charge is 0.176 e. The highest BCUT2D eigenvalue weighted by Gasteiger charge is 2.34. The Morgan fingerprint density at radius 2 is 1.48 bits per heavy atom. The quantitative estimate of drug-likeness (QED) is 0.531. The van der Waals surface area contributed by atoms with Crippen LogP contribution >= 0.6 is 11.6 Å². The van der Waals surface area contributed by atoms with Crippen molar-refractivity contribution in [1.82, 2.24) is 4.90 Å². The Morgan fingerprint density at radius 3 is 1.97 bits per heavy atom. The summed E-state index contributed by atoms with van der Waals surface area (Å²) in [5, 5.41) is 9.96. The van der Waals surface area contributed by atoms with Crippen LogP contribution < -0.4 is 0 Å². The number of rotatable bonds is 6. The summed E-state index contributed by atoms with van der Waals surface area (Å²) in [5.74, 6) is -1.66. The van der Waals surface area contributed by atoms with Gasteiger partial charge in [-0.1, -0.05) is 48.0 Å². The van der Waals surface area contributed by atoms with Crippen molar-refractivity contribution < 1.29 is 22.3 Å². The fourth-order valence-electron chi connectivity index (χ4n) is 4.20. The van der Waals surface area contributed by atoms with Crippen molar-refractivity contribution in [3.63, 3.8) is 0 Å². The van der Waals surface area contributed by atoms with Crippen LogP contribution in [0, 0.1) is 11.6 Å². The summed E-state index contributed by atoms with van der Waals surface area (Å²) in [6.45, 7) is 0.565. The first-order valence-electron chi connectivity index (χ1n) is 10.2. The molecule has 3 aromatic carbocycles. The number of likely N-dealkylation sites (tertiary alicyclic amines) is 1. The van der Waals surface area contributed by atoms with E-state index in [1.54, 1.807) is 12.1 Å². The Bertz CT molecular complexity index is 1280. The number of hydrogen-bond acceptors (Lipinski definition) is 4. The van der Waals surface area contributed by atoms with Crippen LogP contribution in [0.2, 0.25) is 5.02 Å². The Morgan fingerprint density at radius 1 is 0.970 bits per heavy atom. The third kappa shape index (κ3) is 5.17. The molecule has 1 atom stereocenters. The molecule has 8 heteroatoms. The average molecular weight is 490 g/mol. The molecular formula is C25H22ClF2NO3S. The minimum atomic E-state index is -3.73. The van der Waals surface area contributed by atoms with Gasteiger partial charge in [-0.3, -0.25) is 4.90 Å². The summed E-state index contributed by atoms with van der Waals surface area (Å²) in [4.78, 5) is 2.04. The summed E-state index contributed by atoms with van der Waals surface area (Å²) in [5.41, 5.74) is 3.32. The lowest BCUT2D eigenvalue weighted by Crippen LogP contribution is -2.44. The first kappa shape index (κ1) is 23.6. The first-order valence-corrected chi connectivity index (χ1v) is 12.5. The van der Waals surface area contributed by atoms with Gasteiger partial charge in [-0.15, -0.1) is 0 Å². The fraction of sp³-hybridized carbons (Fsp3) is 0.200. The molecule has 4 rings (SSSR count). The van der Waals surface area contributed by atoms with Crippen LogP contribution in [-0.4, -0.2) is 37.8 Å². The van der Waals surface area contributed by atoms with Crippen LogP contribution in [0.5, 0.6) is 0 Å². The summed E-state index contributed by atoms with van der Waals surface area (Å²) in [6.07, 6.45) is 1.05. The molecule has 1 aliphatic rings.